The van der Waals surface area contributed by atoms with Crippen molar-refractivity contribution in [2.24, 2.45) is 5.41 Å². The minimum atomic E-state index is -0.751. The van der Waals surface area contributed by atoms with Crippen LogP contribution in [0.15, 0.2) is 183 Å². The highest BCUT2D eigenvalue weighted by Gasteiger charge is 2.30. The fourth-order valence-corrected chi connectivity index (χ4v) is 6.54. The average molecular weight is 814 g/mol. The molecule has 12 heteroatoms. The minimum absolute atomic E-state index is 0.191. The molecule has 302 valence electrons. The maximum Gasteiger partial charge on any atom is 0.123 e. The van der Waals surface area contributed by atoms with E-state index < -0.39 is 5.41 Å². The second-order valence-electron chi connectivity index (χ2n) is 14.7. The summed E-state index contributed by atoms with van der Waals surface area (Å²) in [5.41, 5.74) is 7.41. The van der Waals surface area contributed by atoms with Crippen molar-refractivity contribution in [3.8, 4) is 85.6 Å². The van der Waals surface area contributed by atoms with E-state index in [9.17, 15) is 0 Å². The molecule has 0 atom stereocenters. The summed E-state index contributed by atoms with van der Waals surface area (Å²) in [7, 11) is 0. The molecule has 62 heavy (non-hydrogen) atoms. The minimum Gasteiger partial charge on any atom is -0.493 e. The number of aromatic nitrogens is 9. The van der Waals surface area contributed by atoms with Crippen LogP contribution in [-0.4, -0.2) is 64.7 Å². The maximum atomic E-state index is 6.72. The van der Waals surface area contributed by atoms with Gasteiger partial charge in [0.25, 0.3) is 0 Å². The molecule has 0 aliphatic heterocycles. The van der Waals surface area contributed by atoms with Crippen LogP contribution in [0.3, 0.4) is 0 Å². The number of hydrogen-bond donors (Lipinski definition) is 0. The van der Waals surface area contributed by atoms with E-state index >= 15 is 0 Å². The number of ether oxygens (including phenoxy) is 3. The molecule has 0 saturated heterocycles. The summed E-state index contributed by atoms with van der Waals surface area (Å²) >= 11 is 0. The molecular weight excluding hydrogens is 775 g/mol. The quantitative estimate of drug-likeness (QED) is 0.0972. The van der Waals surface area contributed by atoms with Crippen LogP contribution in [-0.2, 0) is 0 Å². The third kappa shape index (κ3) is 9.61. The molecular formula is C50H39N9O3. The molecule has 0 fully saturated rings. The van der Waals surface area contributed by atoms with Crippen molar-refractivity contribution in [2.75, 3.05) is 19.8 Å². The lowest BCUT2D eigenvalue weighted by atomic mass is 9.94. The van der Waals surface area contributed by atoms with E-state index in [0.717, 1.165) is 0 Å². The van der Waals surface area contributed by atoms with Crippen LogP contribution in [0.4, 0.5) is 0 Å². The van der Waals surface area contributed by atoms with Crippen molar-refractivity contribution in [3.63, 3.8) is 0 Å². The van der Waals surface area contributed by atoms with Crippen LogP contribution >= 0.6 is 0 Å². The lowest BCUT2D eigenvalue weighted by Gasteiger charge is -2.30. The molecule has 0 radical (unpaired) electrons. The molecule has 0 unspecified atom stereocenters. The van der Waals surface area contributed by atoms with Crippen LogP contribution in [0.25, 0.3) is 68.3 Å². The Kier molecular flexibility index (Phi) is 11.6. The molecule has 9 aromatic heterocycles. The first-order valence-electron chi connectivity index (χ1n) is 20.0. The van der Waals surface area contributed by atoms with E-state index in [0.29, 0.717) is 85.6 Å². The zero-order valence-corrected chi connectivity index (χ0v) is 33.7. The summed E-state index contributed by atoms with van der Waals surface area (Å²) in [5.74, 6) is 1.76. The van der Waals surface area contributed by atoms with Crippen molar-refractivity contribution in [3.05, 3.63) is 183 Å². The summed E-state index contributed by atoms with van der Waals surface area (Å²) in [6.45, 7) is 2.64. The van der Waals surface area contributed by atoms with E-state index in [-0.39, 0.29) is 19.8 Å². The van der Waals surface area contributed by atoms with Gasteiger partial charge in [-0.1, -0.05) is 36.4 Å². The highest BCUT2D eigenvalue weighted by Crippen LogP contribution is 2.33. The van der Waals surface area contributed by atoms with Crippen molar-refractivity contribution in [2.45, 2.75) is 6.92 Å². The molecule has 9 aromatic rings. The molecule has 0 aliphatic rings. The van der Waals surface area contributed by atoms with E-state index in [1.54, 1.807) is 37.2 Å². The third-order valence-corrected chi connectivity index (χ3v) is 9.72. The molecule has 12 nitrogen and oxygen atoms in total. The van der Waals surface area contributed by atoms with Crippen LogP contribution in [0, 0.1) is 5.41 Å². The first-order valence-corrected chi connectivity index (χ1v) is 20.0. The maximum absolute atomic E-state index is 6.72. The smallest absolute Gasteiger partial charge is 0.123 e. The van der Waals surface area contributed by atoms with Gasteiger partial charge in [-0.15, -0.1) is 0 Å². The fourth-order valence-electron chi connectivity index (χ4n) is 6.54. The molecule has 0 amide bonds. The first kappa shape index (κ1) is 39.2. The lowest BCUT2D eigenvalue weighted by Crippen LogP contribution is -2.38. The Balaban J connectivity index is 1.07. The normalized spacial score (nSPS) is 11.2. The van der Waals surface area contributed by atoms with E-state index in [2.05, 4.69) is 36.8 Å². The predicted molar refractivity (Wildman–Crippen MR) is 237 cm³/mol. The largest absolute Gasteiger partial charge is 0.493 e. The van der Waals surface area contributed by atoms with Crippen LogP contribution in [0.2, 0.25) is 0 Å². The Morgan fingerprint density at radius 2 is 0.516 bits per heavy atom. The molecule has 0 N–H and O–H groups in total. The van der Waals surface area contributed by atoms with Crippen molar-refractivity contribution >= 4 is 0 Å². The zero-order valence-electron chi connectivity index (χ0n) is 33.7. The second-order valence-corrected chi connectivity index (χ2v) is 14.7. The van der Waals surface area contributed by atoms with E-state index in [1.165, 1.54) is 0 Å². The Morgan fingerprint density at radius 1 is 0.306 bits per heavy atom. The molecule has 9 heterocycles. The molecule has 0 aliphatic carbocycles. The molecule has 0 bridgehead atoms. The molecule has 9 rings (SSSR count). The Hall–Kier alpha value is -8.25. The van der Waals surface area contributed by atoms with Gasteiger partial charge in [-0.05, 0) is 79.7 Å². The van der Waals surface area contributed by atoms with Gasteiger partial charge >= 0.3 is 0 Å². The molecule has 0 aromatic carbocycles. The molecule has 0 saturated carbocycles. The number of nitrogens with zero attached hydrogens (tertiary/aromatic N) is 9. The third-order valence-electron chi connectivity index (χ3n) is 9.72. The standard InChI is InChI=1S/C50H39N9O3/c1-50(32-60-35-26-44(38-14-2-8-20-51-38)57-45(27-35)39-15-3-9-21-52-39,33-61-36-28-46(40-16-4-10-22-53-40)58-47(29-36)41-17-5-11-23-54-41)34-62-37-30-48(42-18-6-12-24-55-42)59-49(31-37)43-19-7-13-25-56-43/h2-31H,32-34H2,1H3. The Morgan fingerprint density at radius 3 is 0.694 bits per heavy atom. The van der Waals surface area contributed by atoms with Gasteiger partial charge in [-0.25, -0.2) is 15.0 Å². The fraction of sp³-hybridized carbons (Fsp3) is 0.100. The summed E-state index contributed by atoms with van der Waals surface area (Å²) in [6.07, 6.45) is 10.5. The molecule has 0 spiro atoms. The van der Waals surface area contributed by atoms with Gasteiger partial charge in [0.1, 0.15) is 37.1 Å². The highest BCUT2D eigenvalue weighted by atomic mass is 16.5. The average Bonchev–Trinajstić information content (AvgIpc) is 3.36. The number of rotatable bonds is 15. The summed E-state index contributed by atoms with van der Waals surface area (Å²) < 4.78 is 20.2. The van der Waals surface area contributed by atoms with Gasteiger partial charge in [-0.3, -0.25) is 29.9 Å². The van der Waals surface area contributed by atoms with Crippen molar-refractivity contribution < 1.29 is 14.2 Å². The topological polar surface area (TPSA) is 144 Å². The van der Waals surface area contributed by atoms with Crippen LogP contribution < -0.4 is 14.2 Å². The SMILES string of the molecule is CC(COc1cc(-c2ccccn2)nc(-c2ccccn2)c1)(COc1cc(-c2ccccn2)nc(-c2ccccn2)c1)COc1cc(-c2ccccn2)nc(-c2ccccn2)c1. The monoisotopic (exact) mass is 813 g/mol. The van der Waals surface area contributed by atoms with Crippen LogP contribution in [0.1, 0.15) is 6.92 Å². The number of pyridine rings is 9. The lowest BCUT2D eigenvalue weighted by molar-refractivity contribution is 0.0473. The van der Waals surface area contributed by atoms with Gasteiger partial charge in [0.2, 0.25) is 0 Å². The van der Waals surface area contributed by atoms with Crippen molar-refractivity contribution in [1.29, 1.82) is 0 Å². The van der Waals surface area contributed by atoms with Gasteiger partial charge in [0, 0.05) is 73.6 Å². The zero-order chi connectivity index (χ0) is 42.0. The van der Waals surface area contributed by atoms with Crippen LogP contribution in [0.5, 0.6) is 17.2 Å². The predicted octanol–water partition coefficient (Wildman–Crippen LogP) is 9.79. The Bertz CT molecular complexity index is 2370. The van der Waals surface area contributed by atoms with E-state index in [1.807, 2.05) is 146 Å². The van der Waals surface area contributed by atoms with Crippen molar-refractivity contribution in [1.82, 2.24) is 44.9 Å². The van der Waals surface area contributed by atoms with E-state index in [4.69, 9.17) is 29.2 Å². The van der Waals surface area contributed by atoms with Gasteiger partial charge in [0.05, 0.1) is 73.7 Å². The Labute approximate surface area is 358 Å². The van der Waals surface area contributed by atoms with Gasteiger partial charge in [0.15, 0.2) is 0 Å². The van der Waals surface area contributed by atoms with Gasteiger partial charge in [-0.2, -0.15) is 0 Å². The summed E-state index contributed by atoms with van der Waals surface area (Å²) in [6, 6.07) is 45.6. The highest BCUT2D eigenvalue weighted by molar-refractivity contribution is 5.67. The second kappa shape index (κ2) is 18.3. The van der Waals surface area contributed by atoms with Gasteiger partial charge < -0.3 is 14.2 Å². The summed E-state index contributed by atoms with van der Waals surface area (Å²) in [4.78, 5) is 42.2. The first-order chi connectivity index (χ1) is 30.5. The summed E-state index contributed by atoms with van der Waals surface area (Å²) in [5, 5.41) is 0. The number of hydrogen-bond acceptors (Lipinski definition) is 12.